The third-order valence-corrected chi connectivity index (χ3v) is 4.71. The van der Waals surface area contributed by atoms with Crippen molar-refractivity contribution in [3.8, 4) is 0 Å². The van der Waals surface area contributed by atoms with Crippen LogP contribution in [0.15, 0.2) is 73.3 Å². The minimum absolute atomic E-state index is 0.0106. The van der Waals surface area contributed by atoms with Crippen LogP contribution in [0.1, 0.15) is 42.2 Å². The second-order valence-electron chi connectivity index (χ2n) is 6.40. The Morgan fingerprint density at radius 1 is 0.893 bits per heavy atom. The Morgan fingerprint density at radius 2 is 1.46 bits per heavy atom. The predicted octanol–water partition coefficient (Wildman–Crippen LogP) is 4.16. The lowest BCUT2D eigenvalue weighted by Gasteiger charge is -2.24. The van der Waals surface area contributed by atoms with E-state index >= 15 is 0 Å². The fraction of sp³-hybridized carbons (Fsp3) is 0. The van der Waals surface area contributed by atoms with E-state index in [1.807, 2.05) is 30.3 Å². The lowest BCUT2D eigenvalue weighted by atomic mass is 9.79. The van der Waals surface area contributed by atoms with Gasteiger partial charge in [-0.05, 0) is 24.3 Å². The summed E-state index contributed by atoms with van der Waals surface area (Å²) < 4.78 is 0. The van der Waals surface area contributed by atoms with Crippen molar-refractivity contribution in [1.29, 1.82) is 0 Å². The van der Waals surface area contributed by atoms with E-state index in [1.54, 1.807) is 24.3 Å². The number of nitrogens with two attached hydrogens (primary N) is 1. The number of hydrogen-bond donors (Lipinski definition) is 2. The van der Waals surface area contributed by atoms with Crippen LogP contribution in [0.2, 0.25) is 0 Å². The molecule has 0 aromatic heterocycles. The molecule has 5 heteroatoms. The largest absolute Gasteiger partial charge is 0.398 e. The maximum Gasteiger partial charge on any atom is 0.196 e. The first-order valence-electron chi connectivity index (χ1n) is 8.66. The van der Waals surface area contributed by atoms with E-state index in [4.69, 9.17) is 5.73 Å². The number of allylic oxidation sites excluding steroid dienone is 1. The minimum Gasteiger partial charge on any atom is -0.398 e. The maximum absolute atomic E-state index is 13.3. The number of para-hydroxylation sites is 1. The molecule has 3 aromatic carbocycles. The molecule has 5 nitrogen and oxygen atoms in total. The third kappa shape index (κ3) is 2.61. The van der Waals surface area contributed by atoms with E-state index in [0.29, 0.717) is 11.3 Å². The number of carbonyl (C=O) groups is 3. The first-order valence-corrected chi connectivity index (χ1v) is 8.66. The van der Waals surface area contributed by atoms with E-state index in [1.165, 1.54) is 6.07 Å². The van der Waals surface area contributed by atoms with Crippen LogP contribution in [0.25, 0.3) is 0 Å². The van der Waals surface area contributed by atoms with E-state index in [0.717, 1.165) is 11.8 Å². The number of benzene rings is 3. The molecule has 0 radical (unpaired) electrons. The van der Waals surface area contributed by atoms with Gasteiger partial charge in [0.25, 0.3) is 0 Å². The first-order chi connectivity index (χ1) is 13.5. The lowest BCUT2D eigenvalue weighted by molar-refractivity contribution is 0.0973. The quantitative estimate of drug-likeness (QED) is 0.321. The van der Waals surface area contributed by atoms with Gasteiger partial charge in [0, 0.05) is 28.1 Å². The van der Waals surface area contributed by atoms with Crippen LogP contribution in [0.4, 0.5) is 17.1 Å². The van der Waals surface area contributed by atoms with Gasteiger partial charge in [0.15, 0.2) is 17.3 Å². The number of fused-ring (bicyclic) bond motifs is 2. The number of rotatable bonds is 4. The smallest absolute Gasteiger partial charge is 0.196 e. The molecule has 0 saturated carbocycles. The van der Waals surface area contributed by atoms with Crippen LogP contribution in [-0.4, -0.2) is 17.3 Å². The van der Waals surface area contributed by atoms with Gasteiger partial charge in [0.2, 0.25) is 0 Å². The van der Waals surface area contributed by atoms with Gasteiger partial charge in [-0.15, -0.1) is 0 Å². The molecule has 0 aliphatic heterocycles. The molecule has 0 fully saturated rings. The Balaban J connectivity index is 2.03. The van der Waals surface area contributed by atoms with Crippen molar-refractivity contribution >= 4 is 34.4 Å². The molecule has 28 heavy (non-hydrogen) atoms. The van der Waals surface area contributed by atoms with E-state index < -0.39 is 11.6 Å². The number of carbonyl (C=O) groups excluding carboxylic acids is 3. The second kappa shape index (κ2) is 6.63. The van der Waals surface area contributed by atoms with Crippen molar-refractivity contribution in [3.63, 3.8) is 0 Å². The highest BCUT2D eigenvalue weighted by molar-refractivity contribution is 6.34. The molecule has 0 heterocycles. The van der Waals surface area contributed by atoms with Crippen LogP contribution < -0.4 is 11.1 Å². The number of hydrogen-bond acceptors (Lipinski definition) is 5. The molecule has 0 saturated heterocycles. The number of nitrogens with one attached hydrogen (secondary N) is 1. The summed E-state index contributed by atoms with van der Waals surface area (Å²) in [7, 11) is 0. The van der Waals surface area contributed by atoms with Crippen LogP contribution in [-0.2, 0) is 0 Å². The summed E-state index contributed by atoms with van der Waals surface area (Å²) in [6, 6.07) is 17.3. The van der Waals surface area contributed by atoms with Gasteiger partial charge in [-0.2, -0.15) is 0 Å². The van der Waals surface area contributed by atoms with Crippen molar-refractivity contribution in [2.45, 2.75) is 0 Å². The summed E-state index contributed by atoms with van der Waals surface area (Å²) in [5.74, 6) is -1.24. The molecule has 3 N–H and O–H groups in total. The van der Waals surface area contributed by atoms with Gasteiger partial charge in [-0.25, -0.2) is 0 Å². The third-order valence-electron chi connectivity index (χ3n) is 4.71. The van der Waals surface area contributed by atoms with Crippen molar-refractivity contribution < 1.29 is 14.4 Å². The summed E-state index contributed by atoms with van der Waals surface area (Å²) in [6.45, 7) is 3.49. The predicted molar refractivity (Wildman–Crippen MR) is 108 cm³/mol. The zero-order valence-corrected chi connectivity index (χ0v) is 14.9. The highest BCUT2D eigenvalue weighted by Crippen LogP contribution is 2.38. The van der Waals surface area contributed by atoms with Gasteiger partial charge < -0.3 is 11.1 Å². The average Bonchev–Trinajstić information content (AvgIpc) is 2.72. The molecule has 0 spiro atoms. The Labute approximate surface area is 161 Å². The Hall–Kier alpha value is -3.99. The zero-order valence-electron chi connectivity index (χ0n) is 14.9. The monoisotopic (exact) mass is 368 g/mol. The maximum atomic E-state index is 13.3. The van der Waals surface area contributed by atoms with E-state index in [2.05, 4.69) is 11.9 Å². The molecule has 0 atom stereocenters. The second-order valence-corrected chi connectivity index (χ2v) is 6.40. The van der Waals surface area contributed by atoms with Crippen molar-refractivity contribution in [3.05, 3.63) is 101 Å². The normalized spacial score (nSPS) is 12.1. The summed E-state index contributed by atoms with van der Waals surface area (Å²) in [5, 5.41) is 3.15. The fourth-order valence-corrected chi connectivity index (χ4v) is 3.46. The highest BCUT2D eigenvalue weighted by Gasteiger charge is 2.36. The SMILES string of the molecule is C=CC(=O)c1c(N)cc(Nc2ccccc2)c2c1C(=O)c1ccccc1C2=O. The molecular weight excluding hydrogens is 352 g/mol. The molecule has 3 aromatic rings. The van der Waals surface area contributed by atoms with Gasteiger partial charge in [-0.1, -0.05) is 49.0 Å². The van der Waals surface area contributed by atoms with Crippen LogP contribution in [0, 0.1) is 0 Å². The van der Waals surface area contributed by atoms with Crippen LogP contribution in [0.3, 0.4) is 0 Å². The molecule has 0 bridgehead atoms. The summed E-state index contributed by atoms with van der Waals surface area (Å²) in [4.78, 5) is 39.0. The summed E-state index contributed by atoms with van der Waals surface area (Å²) >= 11 is 0. The summed E-state index contributed by atoms with van der Waals surface area (Å²) in [6.07, 6.45) is 1.09. The number of nitrogen functional groups attached to an aromatic ring is 1. The van der Waals surface area contributed by atoms with Crippen LogP contribution >= 0.6 is 0 Å². The van der Waals surface area contributed by atoms with Crippen molar-refractivity contribution in [1.82, 2.24) is 0 Å². The van der Waals surface area contributed by atoms with E-state index in [9.17, 15) is 14.4 Å². The Kier molecular flexibility index (Phi) is 4.12. The van der Waals surface area contributed by atoms with E-state index in [-0.39, 0.29) is 33.7 Å². The molecule has 0 amide bonds. The number of ketones is 3. The average molecular weight is 368 g/mol. The molecule has 0 unspecified atom stereocenters. The van der Waals surface area contributed by atoms with Gasteiger partial charge in [-0.3, -0.25) is 14.4 Å². The lowest BCUT2D eigenvalue weighted by Crippen LogP contribution is -2.25. The van der Waals surface area contributed by atoms with Gasteiger partial charge >= 0.3 is 0 Å². The molecule has 1 aliphatic carbocycles. The Bertz CT molecular complexity index is 1160. The van der Waals surface area contributed by atoms with Crippen molar-refractivity contribution in [2.24, 2.45) is 0 Å². The minimum atomic E-state index is -0.499. The molecule has 4 rings (SSSR count). The highest BCUT2D eigenvalue weighted by atomic mass is 16.1. The van der Waals surface area contributed by atoms with Gasteiger partial charge in [0.1, 0.15) is 0 Å². The zero-order chi connectivity index (χ0) is 19.8. The number of anilines is 3. The van der Waals surface area contributed by atoms with Crippen LogP contribution in [0.5, 0.6) is 0 Å². The van der Waals surface area contributed by atoms with Gasteiger partial charge in [0.05, 0.1) is 16.8 Å². The molecule has 136 valence electrons. The molecule has 1 aliphatic rings. The Morgan fingerprint density at radius 3 is 2.07 bits per heavy atom. The fourth-order valence-electron chi connectivity index (χ4n) is 3.46. The molecular formula is C23H16N2O3. The standard InChI is InChI=1S/C23H16N2O3/c1-2-18(26)19-16(24)12-17(25-13-8-4-3-5-9-13)20-21(19)23(28)15-11-7-6-10-14(15)22(20)27/h2-12,25H,1,24H2. The first kappa shape index (κ1) is 17.4. The van der Waals surface area contributed by atoms with Crippen molar-refractivity contribution in [2.75, 3.05) is 11.1 Å². The topological polar surface area (TPSA) is 89.3 Å². The summed E-state index contributed by atoms with van der Waals surface area (Å²) in [5.41, 5.74) is 8.09.